The van der Waals surface area contributed by atoms with Gasteiger partial charge in [0, 0.05) is 0 Å². The molecule has 4 atom stereocenters. The second kappa shape index (κ2) is 24.1. The number of carbonyl (C=O) groups is 3. The van der Waals surface area contributed by atoms with Gasteiger partial charge in [-0.3, -0.25) is 23.0 Å². The van der Waals surface area contributed by atoms with Crippen molar-refractivity contribution in [3.63, 3.8) is 0 Å². The lowest BCUT2D eigenvalue weighted by Crippen LogP contribution is -2.20. The van der Waals surface area contributed by atoms with Crippen LogP contribution in [0, 0.1) is 0 Å². The Bertz CT molecular complexity index is 2170. The van der Waals surface area contributed by atoms with Crippen molar-refractivity contribution in [2.45, 2.75) is 105 Å². The minimum Gasteiger partial charge on any atom is -0.463 e. The van der Waals surface area contributed by atoms with E-state index in [9.17, 15) is 28.4 Å². The van der Waals surface area contributed by atoms with Crippen LogP contribution in [0.3, 0.4) is 0 Å². The van der Waals surface area contributed by atoms with Crippen LogP contribution < -0.4 is 10.6 Å². The van der Waals surface area contributed by atoms with Gasteiger partial charge in [-0.15, -0.1) is 0 Å². The van der Waals surface area contributed by atoms with Gasteiger partial charge in [0.15, 0.2) is 22.9 Å². The number of ether oxygens (including phenoxy) is 7. The van der Waals surface area contributed by atoms with E-state index >= 15 is 0 Å². The van der Waals surface area contributed by atoms with Crippen molar-refractivity contribution in [3.8, 4) is 0 Å². The maximum atomic E-state index is 13.6. The Balaban J connectivity index is 1.30. The molecule has 0 aliphatic heterocycles. The van der Waals surface area contributed by atoms with Gasteiger partial charge in [0.1, 0.15) is 36.4 Å². The summed E-state index contributed by atoms with van der Waals surface area (Å²) in [7, 11) is -8.32. The first-order valence-electron chi connectivity index (χ1n) is 19.6. The molecule has 0 aromatic carbocycles. The fraction of sp³-hybridized carbons (Fsp3) is 0.629. The Morgan fingerprint density at radius 2 is 1.13 bits per heavy atom. The minimum atomic E-state index is -4.25. The molecule has 0 bridgehead atoms. The minimum absolute atomic E-state index is 0.130. The Morgan fingerprint density at radius 3 is 1.62 bits per heavy atom. The zero-order valence-corrected chi connectivity index (χ0v) is 37.9. The molecule has 4 aromatic rings. The summed E-state index contributed by atoms with van der Waals surface area (Å²) in [5.74, 6) is 0.233. The van der Waals surface area contributed by atoms with E-state index in [4.69, 9.17) is 42.0 Å². The molecule has 0 saturated carbocycles. The van der Waals surface area contributed by atoms with Crippen LogP contribution in [0.5, 0.6) is 0 Å². The summed E-state index contributed by atoms with van der Waals surface area (Å²) >= 11 is 0. The van der Waals surface area contributed by atoms with Gasteiger partial charge in [-0.25, -0.2) is 39.5 Å². The van der Waals surface area contributed by atoms with Crippen molar-refractivity contribution in [2.75, 3.05) is 50.2 Å². The molecule has 0 spiro atoms. The van der Waals surface area contributed by atoms with E-state index in [0.717, 1.165) is 0 Å². The van der Waals surface area contributed by atoms with Gasteiger partial charge >= 0.3 is 33.5 Å². The van der Waals surface area contributed by atoms with Crippen molar-refractivity contribution in [1.29, 1.82) is 0 Å². The molecule has 63 heavy (non-hydrogen) atoms. The molecular formula is C35H54N10O16P2. The quantitative estimate of drug-likeness (QED) is 0.0307. The number of aromatic nitrogens is 8. The first kappa shape index (κ1) is 50.6. The first-order chi connectivity index (χ1) is 29.8. The Morgan fingerprint density at radius 1 is 0.651 bits per heavy atom. The normalized spacial score (nSPS) is 14.6. The number of hydrogen-bond acceptors (Lipinski definition) is 23. The van der Waals surface area contributed by atoms with Crippen LogP contribution in [0.1, 0.15) is 61.8 Å². The molecule has 350 valence electrons. The van der Waals surface area contributed by atoms with Gasteiger partial charge < -0.3 is 62.3 Å². The smallest absolute Gasteiger partial charge is 0.463 e. The zero-order chi connectivity index (χ0) is 46.2. The highest BCUT2D eigenvalue weighted by atomic mass is 31.2. The summed E-state index contributed by atoms with van der Waals surface area (Å²) in [5.41, 5.74) is 1.80. The number of imidazole rings is 2. The molecule has 0 aliphatic rings. The van der Waals surface area contributed by atoms with Crippen LogP contribution in [-0.2, 0) is 73.7 Å². The number of rotatable bonds is 27. The van der Waals surface area contributed by atoms with Crippen LogP contribution in [0.2, 0.25) is 0 Å². The monoisotopic (exact) mass is 932 g/mol. The molecule has 26 nitrogen and oxygen atoms in total. The van der Waals surface area contributed by atoms with Crippen LogP contribution in [-0.4, -0.2) is 132 Å². The summed E-state index contributed by atoms with van der Waals surface area (Å²) in [6, 6.07) is 0. The molecule has 0 saturated heterocycles. The number of esters is 1. The second-order valence-electron chi connectivity index (χ2n) is 14.3. The standard InChI is InChI=1S/C35H54N10O16P2/c1-22(2)59-27(46)9-10-56-63(51,58-19-53-35(48)61-24(5)6)21-55-26(8)12-45-17-43-29-31(39-15-41-33(29)45)37-13-36-30-28-32(40-14-38-30)44(16-42-28)11-25(7)54-20-62(49,50)57-18-52-34(47)60-23(3)4/h14-17,22-26H,9-13,18-21H2,1-8H3,(H,49,50)(H,36,38,40)(H,37,39,41)/t25-,26-,63?/m1/s1. The molecule has 0 fully saturated rings. The highest BCUT2D eigenvalue weighted by Gasteiger charge is 2.29. The average Bonchev–Trinajstić information content (AvgIpc) is 3.80. The summed E-state index contributed by atoms with van der Waals surface area (Å²) in [6.45, 7) is 12.0. The number of fused-ring (bicyclic) bond motifs is 2. The number of hydrogen-bond donors (Lipinski definition) is 3. The topological polar surface area (TPSA) is 309 Å². The lowest BCUT2D eigenvalue weighted by Gasteiger charge is -2.21. The molecule has 4 aromatic heterocycles. The third-order valence-electron chi connectivity index (χ3n) is 7.74. The maximum Gasteiger partial charge on any atom is 0.510 e. The molecule has 28 heteroatoms. The average molecular weight is 933 g/mol. The second-order valence-corrected chi connectivity index (χ2v) is 18.1. The molecule has 4 heterocycles. The third-order valence-corrected chi connectivity index (χ3v) is 10.3. The largest absolute Gasteiger partial charge is 0.510 e. The molecular weight excluding hydrogens is 878 g/mol. The third kappa shape index (κ3) is 17.2. The van der Waals surface area contributed by atoms with E-state index in [-0.39, 0.29) is 38.9 Å². The van der Waals surface area contributed by atoms with Crippen molar-refractivity contribution in [2.24, 2.45) is 0 Å². The van der Waals surface area contributed by atoms with E-state index < -0.39 is 84.2 Å². The summed E-state index contributed by atoms with van der Waals surface area (Å²) in [4.78, 5) is 71.5. The van der Waals surface area contributed by atoms with Gasteiger partial charge in [-0.2, -0.15) is 0 Å². The van der Waals surface area contributed by atoms with E-state index in [1.54, 1.807) is 64.5 Å². The number of nitrogens with one attached hydrogen (secondary N) is 2. The van der Waals surface area contributed by atoms with Gasteiger partial charge in [-0.05, 0) is 55.4 Å². The Kier molecular flexibility index (Phi) is 19.4. The molecule has 0 aliphatic carbocycles. The number of anilines is 2. The summed E-state index contributed by atoms with van der Waals surface area (Å²) in [5, 5.41) is 6.31. The highest BCUT2D eigenvalue weighted by molar-refractivity contribution is 7.53. The van der Waals surface area contributed by atoms with E-state index in [1.807, 2.05) is 0 Å². The van der Waals surface area contributed by atoms with Gasteiger partial charge in [0.25, 0.3) is 0 Å². The fourth-order valence-electron chi connectivity index (χ4n) is 5.10. The lowest BCUT2D eigenvalue weighted by molar-refractivity contribution is -0.148. The van der Waals surface area contributed by atoms with E-state index in [1.165, 1.54) is 25.3 Å². The molecule has 3 N–H and O–H groups in total. The maximum absolute atomic E-state index is 13.6. The van der Waals surface area contributed by atoms with E-state index in [2.05, 4.69) is 45.3 Å². The predicted octanol–water partition coefficient (Wildman–Crippen LogP) is 4.98. The van der Waals surface area contributed by atoms with Crippen molar-refractivity contribution < 1.29 is 75.1 Å². The number of nitrogens with zero attached hydrogens (tertiary/aromatic N) is 8. The number of carbonyl (C=O) groups excluding carboxylic acids is 3. The van der Waals surface area contributed by atoms with Crippen LogP contribution in [0.25, 0.3) is 22.3 Å². The first-order valence-corrected chi connectivity index (χ1v) is 23.1. The lowest BCUT2D eigenvalue weighted by atomic mass is 10.4. The van der Waals surface area contributed by atoms with Crippen molar-refractivity contribution in [1.82, 2.24) is 39.0 Å². The molecule has 4 rings (SSSR count). The van der Waals surface area contributed by atoms with Crippen molar-refractivity contribution >= 4 is 67.4 Å². The fourth-order valence-corrected chi connectivity index (χ4v) is 7.08. The predicted molar refractivity (Wildman–Crippen MR) is 220 cm³/mol. The van der Waals surface area contributed by atoms with Crippen LogP contribution in [0.4, 0.5) is 21.2 Å². The Hall–Kier alpha value is -5.07. The van der Waals surface area contributed by atoms with Gasteiger partial charge in [0.2, 0.25) is 13.6 Å². The highest BCUT2D eigenvalue weighted by Crippen LogP contribution is 2.48. The van der Waals surface area contributed by atoms with Crippen molar-refractivity contribution in [3.05, 3.63) is 25.3 Å². The summed E-state index contributed by atoms with van der Waals surface area (Å²) in [6.07, 6.45) is -0.112. The zero-order valence-electron chi connectivity index (χ0n) is 36.1. The molecule has 0 radical (unpaired) electrons. The SMILES string of the molecule is CC(C)OC(=O)CCOP(=O)(CO[C@H](C)Cn1cnc2c(NCNc3ncnc4c3ncn4C[C@@H](C)OCP(=O)(O)OCOC(=O)OC(C)C)ncnc21)OCOC(=O)OC(C)C. The van der Waals surface area contributed by atoms with Crippen LogP contribution >= 0.6 is 15.2 Å². The van der Waals surface area contributed by atoms with Gasteiger partial charge in [-0.1, -0.05) is 0 Å². The Labute approximate surface area is 362 Å². The summed E-state index contributed by atoms with van der Waals surface area (Å²) < 4.78 is 80.4. The van der Waals surface area contributed by atoms with E-state index in [0.29, 0.717) is 34.0 Å². The molecule has 0 amide bonds. The van der Waals surface area contributed by atoms with Gasteiger partial charge in [0.05, 0.1) is 76.0 Å². The molecule has 2 unspecified atom stereocenters. The van der Waals surface area contributed by atoms with Crippen LogP contribution in [0.15, 0.2) is 25.3 Å².